The third kappa shape index (κ3) is 4.49. The largest absolute Gasteiger partial charge is 0.370 e. The minimum atomic E-state index is 0.0275. The monoisotopic (exact) mass is 197 g/mol. The lowest BCUT2D eigenvalue weighted by Crippen LogP contribution is -2.33. The molecule has 14 heavy (non-hydrogen) atoms. The molecule has 0 spiro atoms. The highest BCUT2D eigenvalue weighted by Crippen LogP contribution is 1.93. The van der Waals surface area contributed by atoms with Gasteiger partial charge >= 0.3 is 0 Å². The van der Waals surface area contributed by atoms with Crippen LogP contribution in [0.25, 0.3) is 0 Å². The molecule has 0 aliphatic heterocycles. The molecule has 0 saturated heterocycles. The van der Waals surface area contributed by atoms with Crippen LogP contribution in [-0.4, -0.2) is 36.5 Å². The van der Waals surface area contributed by atoms with Crippen LogP contribution in [-0.2, 0) is 0 Å². The van der Waals surface area contributed by atoms with Crippen molar-refractivity contribution in [3.63, 3.8) is 0 Å². The van der Waals surface area contributed by atoms with Crippen LogP contribution in [0.2, 0.25) is 0 Å². The molecular formula is C9H19N5. The molecule has 0 unspecified atom stereocenters. The lowest BCUT2D eigenvalue weighted by atomic mass is 10.5. The van der Waals surface area contributed by atoms with Gasteiger partial charge in [0.1, 0.15) is 0 Å². The van der Waals surface area contributed by atoms with E-state index in [9.17, 15) is 0 Å². The summed E-state index contributed by atoms with van der Waals surface area (Å²) in [6, 6.07) is 0. The molecule has 0 aromatic carbocycles. The zero-order chi connectivity index (χ0) is 11.0. The van der Waals surface area contributed by atoms with E-state index in [0.29, 0.717) is 12.5 Å². The first-order valence-corrected chi connectivity index (χ1v) is 4.65. The van der Waals surface area contributed by atoms with E-state index in [1.54, 1.807) is 6.08 Å². The highest BCUT2D eigenvalue weighted by molar-refractivity contribution is 5.93. The summed E-state index contributed by atoms with van der Waals surface area (Å²) >= 11 is 0. The normalized spacial score (nSPS) is 10.9. The van der Waals surface area contributed by atoms with Gasteiger partial charge in [-0.25, -0.2) is 4.99 Å². The Balaban J connectivity index is 4.69. The summed E-state index contributed by atoms with van der Waals surface area (Å²) in [5, 5.41) is 0. The molecule has 0 saturated carbocycles. The van der Waals surface area contributed by atoms with Crippen molar-refractivity contribution in [2.75, 3.05) is 19.6 Å². The van der Waals surface area contributed by atoms with Gasteiger partial charge in [0.15, 0.2) is 5.96 Å². The zero-order valence-electron chi connectivity index (χ0n) is 8.90. The van der Waals surface area contributed by atoms with Crippen LogP contribution >= 0.6 is 0 Å². The van der Waals surface area contributed by atoms with Crippen LogP contribution in [0.15, 0.2) is 22.6 Å². The molecule has 5 nitrogen and oxygen atoms in total. The fourth-order valence-electron chi connectivity index (χ4n) is 0.974. The number of guanidine groups is 2. The van der Waals surface area contributed by atoms with E-state index in [1.807, 2.05) is 18.7 Å². The van der Waals surface area contributed by atoms with Gasteiger partial charge in [0.25, 0.3) is 0 Å². The predicted molar refractivity (Wildman–Crippen MR) is 61.2 cm³/mol. The molecule has 0 amide bonds. The average molecular weight is 197 g/mol. The third-order valence-electron chi connectivity index (χ3n) is 1.64. The summed E-state index contributed by atoms with van der Waals surface area (Å²) in [5.41, 5.74) is 10.6. The third-order valence-corrected chi connectivity index (χ3v) is 1.64. The minimum absolute atomic E-state index is 0.0275. The number of nitrogens with two attached hydrogens (primary N) is 2. The lowest BCUT2D eigenvalue weighted by Gasteiger charge is -2.19. The smallest absolute Gasteiger partial charge is 0.224 e. The minimum Gasteiger partial charge on any atom is -0.370 e. The second-order valence-electron chi connectivity index (χ2n) is 2.64. The Bertz CT molecular complexity index is 223. The van der Waals surface area contributed by atoms with Crippen LogP contribution in [0.1, 0.15) is 13.8 Å². The summed E-state index contributed by atoms with van der Waals surface area (Å²) < 4.78 is 0. The molecule has 0 aliphatic rings. The molecule has 5 heteroatoms. The molecule has 0 atom stereocenters. The van der Waals surface area contributed by atoms with Gasteiger partial charge in [0.2, 0.25) is 5.96 Å². The number of nitrogens with zero attached hydrogens (tertiary/aromatic N) is 3. The van der Waals surface area contributed by atoms with Crippen molar-refractivity contribution in [2.45, 2.75) is 13.8 Å². The van der Waals surface area contributed by atoms with Crippen molar-refractivity contribution in [2.24, 2.45) is 21.5 Å². The van der Waals surface area contributed by atoms with E-state index in [2.05, 4.69) is 16.6 Å². The molecule has 0 aliphatic carbocycles. The van der Waals surface area contributed by atoms with Gasteiger partial charge in [0, 0.05) is 13.1 Å². The van der Waals surface area contributed by atoms with Gasteiger partial charge in [-0.15, -0.1) is 6.58 Å². The van der Waals surface area contributed by atoms with Crippen molar-refractivity contribution < 1.29 is 0 Å². The number of hydrogen-bond acceptors (Lipinski definition) is 1. The number of aliphatic imine (C=N–C) groups is 2. The zero-order valence-corrected chi connectivity index (χ0v) is 8.90. The van der Waals surface area contributed by atoms with E-state index in [0.717, 1.165) is 13.1 Å². The van der Waals surface area contributed by atoms with Crippen molar-refractivity contribution >= 4 is 11.9 Å². The van der Waals surface area contributed by atoms with Gasteiger partial charge in [-0.1, -0.05) is 6.08 Å². The van der Waals surface area contributed by atoms with E-state index in [-0.39, 0.29) is 5.96 Å². The lowest BCUT2D eigenvalue weighted by molar-refractivity contribution is 0.459. The first-order valence-electron chi connectivity index (χ1n) is 4.65. The standard InChI is InChI=1S/C9H19N5/c1-4-7-12-9(13-8(10)11)14(5-2)6-3/h4H,1,5-7H2,2-3H3,(H4,10,11,12,13). The fraction of sp³-hybridized carbons (Fsp3) is 0.556. The Morgan fingerprint density at radius 1 is 1.36 bits per heavy atom. The quantitative estimate of drug-likeness (QED) is 0.382. The number of rotatable bonds is 4. The molecular weight excluding hydrogens is 178 g/mol. The second-order valence-corrected chi connectivity index (χ2v) is 2.64. The Labute approximate surface area is 85.2 Å². The summed E-state index contributed by atoms with van der Waals surface area (Å²) in [5.74, 6) is 0.592. The molecule has 0 fully saturated rings. The molecule has 0 bridgehead atoms. The van der Waals surface area contributed by atoms with Crippen LogP contribution in [0.4, 0.5) is 0 Å². The maximum atomic E-state index is 5.31. The van der Waals surface area contributed by atoms with Crippen molar-refractivity contribution in [3.05, 3.63) is 12.7 Å². The van der Waals surface area contributed by atoms with Crippen molar-refractivity contribution in [1.29, 1.82) is 0 Å². The molecule has 0 aromatic heterocycles. The highest BCUT2D eigenvalue weighted by Gasteiger charge is 2.05. The molecule has 4 N–H and O–H groups in total. The highest BCUT2D eigenvalue weighted by atomic mass is 15.3. The average Bonchev–Trinajstić information content (AvgIpc) is 2.15. The Kier molecular flexibility index (Phi) is 6.19. The van der Waals surface area contributed by atoms with Gasteiger partial charge < -0.3 is 16.4 Å². The van der Waals surface area contributed by atoms with Crippen LogP contribution in [0.3, 0.4) is 0 Å². The van der Waals surface area contributed by atoms with Gasteiger partial charge in [-0.2, -0.15) is 4.99 Å². The van der Waals surface area contributed by atoms with E-state index in [1.165, 1.54) is 0 Å². The van der Waals surface area contributed by atoms with Crippen molar-refractivity contribution in [3.8, 4) is 0 Å². The van der Waals surface area contributed by atoms with Gasteiger partial charge in [0.05, 0.1) is 6.54 Å². The second kappa shape index (κ2) is 6.94. The SMILES string of the molecule is C=CCN=C(N=C(N)N)N(CC)CC. The molecule has 0 rings (SSSR count). The summed E-state index contributed by atoms with van der Waals surface area (Å²) in [6.07, 6.45) is 1.70. The maximum Gasteiger partial charge on any atom is 0.224 e. The van der Waals surface area contributed by atoms with E-state index < -0.39 is 0 Å². The molecule has 0 radical (unpaired) electrons. The maximum absolute atomic E-state index is 5.31. The first kappa shape index (κ1) is 12.5. The van der Waals surface area contributed by atoms with E-state index >= 15 is 0 Å². The van der Waals surface area contributed by atoms with Gasteiger partial charge in [-0.3, -0.25) is 0 Å². The van der Waals surface area contributed by atoms with Crippen LogP contribution in [0, 0.1) is 0 Å². The molecule has 80 valence electrons. The Hall–Kier alpha value is -1.52. The summed E-state index contributed by atoms with van der Waals surface area (Å²) in [7, 11) is 0. The topological polar surface area (TPSA) is 80.0 Å². The predicted octanol–water partition coefficient (Wildman–Crippen LogP) is 0.144. The summed E-state index contributed by atoms with van der Waals surface area (Å²) in [4.78, 5) is 10.1. The number of hydrogen-bond donors (Lipinski definition) is 2. The molecule has 0 aromatic rings. The first-order chi connectivity index (χ1) is 6.65. The fourth-order valence-corrected chi connectivity index (χ4v) is 0.974. The van der Waals surface area contributed by atoms with Crippen molar-refractivity contribution in [1.82, 2.24) is 4.90 Å². The summed E-state index contributed by atoms with van der Waals surface area (Å²) in [6.45, 7) is 9.79. The molecule has 0 heterocycles. The Morgan fingerprint density at radius 2 is 1.93 bits per heavy atom. The Morgan fingerprint density at radius 3 is 2.29 bits per heavy atom. The van der Waals surface area contributed by atoms with Crippen LogP contribution < -0.4 is 11.5 Å². The van der Waals surface area contributed by atoms with Crippen LogP contribution in [0.5, 0.6) is 0 Å². The van der Waals surface area contributed by atoms with Gasteiger partial charge in [-0.05, 0) is 13.8 Å². The van der Waals surface area contributed by atoms with E-state index in [4.69, 9.17) is 11.5 Å².